The molecule has 0 bridgehead atoms. The fraction of sp³-hybridized carbons (Fsp3) is 0.423. The van der Waals surface area contributed by atoms with E-state index in [0.717, 1.165) is 81.0 Å². The number of carbonyl (C=O) groups is 3. The number of aryl methyl sites for hydroxylation is 1. The van der Waals surface area contributed by atoms with Gasteiger partial charge in [0, 0.05) is 111 Å². The Morgan fingerprint density at radius 1 is 0.971 bits per heavy atom. The highest BCUT2D eigenvalue weighted by Crippen LogP contribution is 2.42. The molecule has 5 aliphatic rings. The summed E-state index contributed by atoms with van der Waals surface area (Å²) in [6, 6.07) is 16.3. The standard InChI is InChI=1S/C52H61N11O5/c1-8-45(65)55-40-24-33(9-12-42(40)61-20-19-60(28-31(61)2)34-14-17-59(18-15-34)35-10-11-38-39(25-35)57-50(68)52(38,5)6)54-46-49(67)58(7)29-41(56-46)36-13-16-53-47(37(36)30-64)63-22-21-62-43(48(63)66)23-32-26-51(3,4)27-44(32)62/h8-13,16,23-25,29,31,34,64H,1,14-15,17-22,26-28,30H2,2-7H3,(H,54,56)(H,55,65)(H,57,68). The molecule has 5 aromatic rings. The van der Waals surface area contributed by atoms with E-state index in [1.807, 2.05) is 38.1 Å². The number of piperidine rings is 1. The number of fused-ring (bicyclic) bond motifs is 4. The van der Waals surface area contributed by atoms with Crippen LogP contribution in [0.4, 0.5) is 40.1 Å². The number of nitrogens with zero attached hydrogens (tertiary/aromatic N) is 8. The van der Waals surface area contributed by atoms with Crippen LogP contribution in [0.2, 0.25) is 0 Å². The maximum Gasteiger partial charge on any atom is 0.293 e. The number of nitrogens with one attached hydrogen (secondary N) is 3. The molecule has 3 aromatic heterocycles. The molecule has 0 spiro atoms. The molecule has 16 heteroatoms. The fourth-order valence-electron chi connectivity index (χ4n) is 11.3. The average Bonchev–Trinajstić information content (AvgIpc) is 3.90. The van der Waals surface area contributed by atoms with Crippen LogP contribution in [-0.2, 0) is 48.0 Å². The average molecular weight is 920 g/mol. The number of rotatable bonds is 10. The van der Waals surface area contributed by atoms with Crippen molar-refractivity contribution < 1.29 is 19.5 Å². The van der Waals surface area contributed by atoms with Gasteiger partial charge in [-0.25, -0.2) is 9.97 Å². The summed E-state index contributed by atoms with van der Waals surface area (Å²) in [5.74, 6) is -0.0723. The number of aromatic nitrogens is 4. The Kier molecular flexibility index (Phi) is 11.3. The van der Waals surface area contributed by atoms with Crippen LogP contribution in [0.1, 0.15) is 80.3 Å². The Labute approximate surface area is 396 Å². The van der Waals surface area contributed by atoms with Gasteiger partial charge in [-0.3, -0.25) is 29.0 Å². The number of aliphatic hydroxyl groups excluding tert-OH is 1. The summed E-state index contributed by atoms with van der Waals surface area (Å²) in [6.45, 7) is 19.3. The summed E-state index contributed by atoms with van der Waals surface area (Å²) in [7, 11) is 1.64. The first kappa shape index (κ1) is 45.0. The minimum absolute atomic E-state index is 0.0392. The number of pyridine rings is 1. The molecule has 354 valence electrons. The minimum atomic E-state index is -0.521. The van der Waals surface area contributed by atoms with Crippen molar-refractivity contribution in [2.45, 2.75) is 91.0 Å². The molecule has 10 rings (SSSR count). The van der Waals surface area contributed by atoms with Crippen molar-refractivity contribution in [2.24, 2.45) is 12.5 Å². The summed E-state index contributed by atoms with van der Waals surface area (Å²) >= 11 is 0. The summed E-state index contributed by atoms with van der Waals surface area (Å²) < 4.78 is 3.58. The van der Waals surface area contributed by atoms with Crippen LogP contribution in [0.15, 0.2) is 78.4 Å². The molecule has 1 unspecified atom stereocenters. The van der Waals surface area contributed by atoms with Gasteiger partial charge in [-0.05, 0) is 112 Å². The van der Waals surface area contributed by atoms with Crippen molar-refractivity contribution in [1.29, 1.82) is 0 Å². The van der Waals surface area contributed by atoms with Gasteiger partial charge in [0.15, 0.2) is 5.82 Å². The Morgan fingerprint density at radius 3 is 2.51 bits per heavy atom. The van der Waals surface area contributed by atoms with E-state index in [4.69, 9.17) is 4.98 Å². The van der Waals surface area contributed by atoms with Gasteiger partial charge in [0.25, 0.3) is 11.5 Å². The molecule has 1 atom stereocenters. The van der Waals surface area contributed by atoms with Crippen LogP contribution in [0.3, 0.4) is 0 Å². The quantitative estimate of drug-likeness (QED) is 0.118. The number of benzene rings is 2. The number of carbonyl (C=O) groups excluding carboxylic acids is 3. The summed E-state index contributed by atoms with van der Waals surface area (Å²) in [5.41, 5.74) is 8.81. The van der Waals surface area contributed by atoms with Crippen molar-refractivity contribution in [3.63, 3.8) is 0 Å². The van der Waals surface area contributed by atoms with Gasteiger partial charge < -0.3 is 40.0 Å². The van der Waals surface area contributed by atoms with E-state index in [1.54, 1.807) is 30.4 Å². The first-order valence-corrected chi connectivity index (χ1v) is 23.8. The second-order valence-electron chi connectivity index (χ2n) is 20.5. The van der Waals surface area contributed by atoms with Gasteiger partial charge in [0.2, 0.25) is 11.8 Å². The Bertz CT molecular complexity index is 2940. The lowest BCUT2D eigenvalue weighted by Gasteiger charge is -2.47. The highest BCUT2D eigenvalue weighted by atomic mass is 16.3. The van der Waals surface area contributed by atoms with Gasteiger partial charge in [0.05, 0.1) is 29.1 Å². The predicted molar refractivity (Wildman–Crippen MR) is 266 cm³/mol. The highest BCUT2D eigenvalue weighted by molar-refractivity contribution is 6.07. The number of amides is 3. The zero-order valence-electron chi connectivity index (χ0n) is 39.9. The molecule has 7 heterocycles. The van der Waals surface area contributed by atoms with E-state index in [2.05, 4.69) is 85.8 Å². The maximum atomic E-state index is 14.1. The summed E-state index contributed by atoms with van der Waals surface area (Å²) in [5, 5.41) is 20.1. The number of piperazine rings is 1. The van der Waals surface area contributed by atoms with Crippen LogP contribution in [0.5, 0.6) is 0 Å². The van der Waals surface area contributed by atoms with Gasteiger partial charge in [0.1, 0.15) is 11.5 Å². The van der Waals surface area contributed by atoms with Crippen molar-refractivity contribution in [3.8, 4) is 11.3 Å². The SMILES string of the molecule is C=CC(=O)Nc1cc(Nc2nc(-c3ccnc(N4CCn5c(cc6c5CC(C)(C)C6)C4=O)c3CO)cn(C)c2=O)ccc1N1CCN(C2CCN(c3ccc4c(c3)NC(=O)C4(C)C)CC2)CC1C. The van der Waals surface area contributed by atoms with Crippen molar-refractivity contribution in [1.82, 2.24) is 24.0 Å². The zero-order valence-corrected chi connectivity index (χ0v) is 39.9. The second kappa shape index (κ2) is 17.1. The maximum absolute atomic E-state index is 14.1. The summed E-state index contributed by atoms with van der Waals surface area (Å²) in [4.78, 5) is 71.5. The molecule has 1 aliphatic carbocycles. The minimum Gasteiger partial charge on any atom is -0.392 e. The second-order valence-corrected chi connectivity index (χ2v) is 20.5. The smallest absolute Gasteiger partial charge is 0.293 e. The van der Waals surface area contributed by atoms with Crippen LogP contribution in [0.25, 0.3) is 11.3 Å². The van der Waals surface area contributed by atoms with Gasteiger partial charge in [-0.1, -0.05) is 26.5 Å². The molecule has 2 saturated heterocycles. The normalized spacial score (nSPS) is 19.9. The Balaban J connectivity index is 0.846. The number of hydrogen-bond donors (Lipinski definition) is 4. The van der Waals surface area contributed by atoms with Crippen LogP contribution >= 0.6 is 0 Å². The fourth-order valence-corrected chi connectivity index (χ4v) is 11.3. The van der Waals surface area contributed by atoms with E-state index in [-0.39, 0.29) is 40.6 Å². The van der Waals surface area contributed by atoms with E-state index < -0.39 is 12.0 Å². The number of anilines is 7. The highest BCUT2D eigenvalue weighted by Gasteiger charge is 2.40. The van der Waals surface area contributed by atoms with Crippen LogP contribution in [-0.4, -0.2) is 98.2 Å². The van der Waals surface area contributed by atoms with Crippen LogP contribution < -0.4 is 36.2 Å². The molecule has 3 amide bonds. The molecule has 16 nitrogen and oxygen atoms in total. The lowest BCUT2D eigenvalue weighted by atomic mass is 9.86. The number of hydrogen-bond acceptors (Lipinski definition) is 11. The molecule has 4 aliphatic heterocycles. The van der Waals surface area contributed by atoms with E-state index in [1.165, 1.54) is 21.9 Å². The molecule has 0 radical (unpaired) electrons. The largest absolute Gasteiger partial charge is 0.392 e. The third kappa shape index (κ3) is 7.92. The van der Waals surface area contributed by atoms with Crippen molar-refractivity contribution >= 4 is 57.8 Å². The molecule has 0 saturated carbocycles. The lowest BCUT2D eigenvalue weighted by molar-refractivity contribution is -0.119. The summed E-state index contributed by atoms with van der Waals surface area (Å²) in [6.07, 6.45) is 8.37. The van der Waals surface area contributed by atoms with E-state index >= 15 is 0 Å². The third-order valence-electron chi connectivity index (χ3n) is 14.9. The lowest BCUT2D eigenvalue weighted by Crippen LogP contribution is -2.57. The van der Waals surface area contributed by atoms with Crippen LogP contribution in [0, 0.1) is 5.41 Å². The topological polar surface area (TPSA) is 173 Å². The molecule has 2 aromatic carbocycles. The number of aliphatic hydroxyl groups is 1. The first-order valence-electron chi connectivity index (χ1n) is 23.8. The first-order chi connectivity index (χ1) is 32.5. The van der Waals surface area contributed by atoms with E-state index in [9.17, 15) is 24.3 Å². The molecular weight excluding hydrogens is 859 g/mol. The molecular formula is C52H61N11O5. The van der Waals surface area contributed by atoms with E-state index in [0.29, 0.717) is 58.8 Å². The van der Waals surface area contributed by atoms with Crippen molar-refractivity contribution in [2.75, 3.05) is 69.9 Å². The van der Waals surface area contributed by atoms with Gasteiger partial charge >= 0.3 is 0 Å². The van der Waals surface area contributed by atoms with Crippen molar-refractivity contribution in [3.05, 3.63) is 112 Å². The Hall–Kier alpha value is -6.78. The third-order valence-corrected chi connectivity index (χ3v) is 14.9. The predicted octanol–water partition coefficient (Wildman–Crippen LogP) is 6.20. The molecule has 4 N–H and O–H groups in total. The van der Waals surface area contributed by atoms with Gasteiger partial charge in [-0.15, -0.1) is 0 Å². The Morgan fingerprint density at radius 2 is 1.76 bits per heavy atom. The zero-order chi connectivity index (χ0) is 47.8. The monoisotopic (exact) mass is 919 g/mol. The molecule has 2 fully saturated rings. The molecule has 68 heavy (non-hydrogen) atoms. The van der Waals surface area contributed by atoms with Gasteiger partial charge in [-0.2, -0.15) is 0 Å².